The molecule has 3 heterocycles. The van der Waals surface area contributed by atoms with Crippen LogP contribution in [0.3, 0.4) is 0 Å². The van der Waals surface area contributed by atoms with Crippen LogP contribution >= 0.6 is 0 Å². The zero-order valence-electron chi connectivity index (χ0n) is 13.6. The fraction of sp³-hybridized carbons (Fsp3) is 0.562. The fourth-order valence-electron chi connectivity index (χ4n) is 3.05. The van der Waals surface area contributed by atoms with Crippen LogP contribution < -0.4 is 5.32 Å². The van der Waals surface area contributed by atoms with Crippen LogP contribution in [0.15, 0.2) is 16.8 Å². The summed E-state index contributed by atoms with van der Waals surface area (Å²) < 4.78 is 5.33. The Balaban J connectivity index is 1.48. The number of carbonyl (C=O) groups is 1. The van der Waals surface area contributed by atoms with E-state index < -0.39 is 0 Å². The molecule has 0 saturated carbocycles. The second-order valence-corrected chi connectivity index (χ2v) is 6.08. The molecule has 2 N–H and O–H groups in total. The Morgan fingerprint density at radius 1 is 1.52 bits per heavy atom. The average molecular weight is 317 g/mol. The Morgan fingerprint density at radius 2 is 2.39 bits per heavy atom. The van der Waals surface area contributed by atoms with Gasteiger partial charge in [-0.2, -0.15) is 5.10 Å². The molecule has 7 heteroatoms. The number of amides is 2. The molecule has 3 rings (SSSR count). The second kappa shape index (κ2) is 6.85. The Labute approximate surface area is 135 Å². The maximum absolute atomic E-state index is 12.4. The van der Waals surface area contributed by atoms with Crippen molar-refractivity contribution in [2.75, 3.05) is 13.1 Å². The lowest BCUT2D eigenvalue weighted by molar-refractivity contribution is 0.182. The summed E-state index contributed by atoms with van der Waals surface area (Å²) in [4.78, 5) is 14.2. The highest BCUT2D eigenvalue weighted by Gasteiger charge is 2.32. The van der Waals surface area contributed by atoms with Gasteiger partial charge in [-0.25, -0.2) is 4.79 Å². The van der Waals surface area contributed by atoms with Gasteiger partial charge >= 0.3 is 6.03 Å². The van der Waals surface area contributed by atoms with Crippen LogP contribution in [-0.2, 0) is 6.42 Å². The lowest BCUT2D eigenvalue weighted by atomic mass is 10.1. The van der Waals surface area contributed by atoms with Crippen molar-refractivity contribution in [1.29, 1.82) is 0 Å². The fourth-order valence-corrected chi connectivity index (χ4v) is 3.05. The van der Waals surface area contributed by atoms with Gasteiger partial charge in [0.1, 0.15) is 0 Å². The number of rotatable bonds is 5. The van der Waals surface area contributed by atoms with Crippen LogP contribution in [0.5, 0.6) is 0 Å². The summed E-state index contributed by atoms with van der Waals surface area (Å²) in [6.45, 7) is 5.32. The highest BCUT2D eigenvalue weighted by Crippen LogP contribution is 2.32. The number of nitrogens with one attached hydrogen (secondary N) is 2. The Hall–Kier alpha value is -2.31. The molecule has 2 amide bonds. The molecule has 0 bridgehead atoms. The van der Waals surface area contributed by atoms with Crippen molar-refractivity contribution in [2.24, 2.45) is 0 Å². The lowest BCUT2D eigenvalue weighted by Gasteiger charge is -2.23. The van der Waals surface area contributed by atoms with E-state index in [1.807, 2.05) is 31.0 Å². The minimum Gasteiger partial charge on any atom is -0.359 e. The van der Waals surface area contributed by atoms with E-state index in [0.29, 0.717) is 6.54 Å². The lowest BCUT2D eigenvalue weighted by Crippen LogP contribution is -2.39. The third-order valence-corrected chi connectivity index (χ3v) is 4.32. The number of aromatic nitrogens is 3. The van der Waals surface area contributed by atoms with E-state index in [9.17, 15) is 4.79 Å². The van der Waals surface area contributed by atoms with Gasteiger partial charge in [0.2, 0.25) is 0 Å². The van der Waals surface area contributed by atoms with Crippen LogP contribution in [0.1, 0.15) is 48.0 Å². The molecule has 1 fully saturated rings. The molecule has 7 nitrogen and oxygen atoms in total. The van der Waals surface area contributed by atoms with Crippen LogP contribution in [0, 0.1) is 13.8 Å². The molecule has 2 aromatic heterocycles. The minimum absolute atomic E-state index is 0.00678. The molecule has 0 radical (unpaired) electrons. The normalized spacial score (nSPS) is 17.7. The van der Waals surface area contributed by atoms with Gasteiger partial charge in [0.25, 0.3) is 0 Å². The monoisotopic (exact) mass is 317 g/mol. The molecule has 1 unspecified atom stereocenters. The summed E-state index contributed by atoms with van der Waals surface area (Å²) >= 11 is 0. The number of hydrogen-bond acceptors (Lipinski definition) is 4. The van der Waals surface area contributed by atoms with Crippen molar-refractivity contribution in [3.05, 3.63) is 35.0 Å². The Morgan fingerprint density at radius 3 is 3.09 bits per heavy atom. The highest BCUT2D eigenvalue weighted by atomic mass is 16.5. The number of urea groups is 1. The number of likely N-dealkylation sites (tertiary alicyclic amines) is 1. The summed E-state index contributed by atoms with van der Waals surface area (Å²) in [7, 11) is 0. The van der Waals surface area contributed by atoms with E-state index >= 15 is 0 Å². The number of H-pyrrole nitrogens is 1. The largest absolute Gasteiger partial charge is 0.359 e. The third-order valence-electron chi connectivity index (χ3n) is 4.32. The third kappa shape index (κ3) is 3.55. The molecule has 1 aliphatic heterocycles. The molecule has 2 aromatic rings. The van der Waals surface area contributed by atoms with E-state index in [1.54, 1.807) is 0 Å². The Bertz CT molecular complexity index is 663. The SMILES string of the molecule is Cc1cc(C2CCCN2C(=O)NCCCc2cn[nH]c2C)on1. The van der Waals surface area contributed by atoms with E-state index in [0.717, 1.165) is 49.4 Å². The first-order chi connectivity index (χ1) is 11.1. The summed E-state index contributed by atoms with van der Waals surface area (Å²) in [6, 6.07) is 1.90. The summed E-state index contributed by atoms with van der Waals surface area (Å²) in [5.74, 6) is 0.782. The van der Waals surface area contributed by atoms with Crippen LogP contribution in [0.25, 0.3) is 0 Å². The van der Waals surface area contributed by atoms with E-state index in [1.165, 1.54) is 5.56 Å². The van der Waals surface area contributed by atoms with Crippen molar-refractivity contribution < 1.29 is 9.32 Å². The first-order valence-corrected chi connectivity index (χ1v) is 8.11. The molecule has 124 valence electrons. The number of aromatic amines is 1. The van der Waals surface area contributed by atoms with Gasteiger partial charge in [0.05, 0.1) is 17.9 Å². The molecule has 0 spiro atoms. The van der Waals surface area contributed by atoms with Crippen LogP contribution in [0.4, 0.5) is 4.79 Å². The van der Waals surface area contributed by atoms with Crippen molar-refractivity contribution >= 4 is 6.03 Å². The molecule has 0 aromatic carbocycles. The number of aryl methyl sites for hydroxylation is 3. The predicted molar refractivity (Wildman–Crippen MR) is 85.0 cm³/mol. The molecule has 0 aliphatic carbocycles. The Kier molecular flexibility index (Phi) is 4.64. The first kappa shape index (κ1) is 15.6. The van der Waals surface area contributed by atoms with Gasteiger partial charge in [0.15, 0.2) is 5.76 Å². The topological polar surface area (TPSA) is 87.0 Å². The van der Waals surface area contributed by atoms with Gasteiger partial charge in [-0.3, -0.25) is 5.10 Å². The number of hydrogen-bond donors (Lipinski definition) is 2. The van der Waals surface area contributed by atoms with Gasteiger partial charge in [0, 0.05) is 24.8 Å². The van der Waals surface area contributed by atoms with Gasteiger partial charge in [-0.1, -0.05) is 5.16 Å². The van der Waals surface area contributed by atoms with Crippen molar-refractivity contribution in [3.8, 4) is 0 Å². The smallest absolute Gasteiger partial charge is 0.318 e. The molecule has 1 saturated heterocycles. The zero-order valence-corrected chi connectivity index (χ0v) is 13.6. The zero-order chi connectivity index (χ0) is 16.2. The maximum atomic E-state index is 12.4. The predicted octanol–water partition coefficient (Wildman–Crippen LogP) is 2.49. The summed E-state index contributed by atoms with van der Waals surface area (Å²) in [5, 5.41) is 13.9. The minimum atomic E-state index is -0.0227. The summed E-state index contributed by atoms with van der Waals surface area (Å²) in [5.41, 5.74) is 3.15. The summed E-state index contributed by atoms with van der Waals surface area (Å²) in [6.07, 6.45) is 5.57. The average Bonchev–Trinajstić information content (AvgIpc) is 3.24. The highest BCUT2D eigenvalue weighted by molar-refractivity contribution is 5.75. The molecule has 23 heavy (non-hydrogen) atoms. The van der Waals surface area contributed by atoms with Crippen molar-refractivity contribution in [3.63, 3.8) is 0 Å². The van der Waals surface area contributed by atoms with Gasteiger partial charge in [-0.05, 0) is 45.1 Å². The first-order valence-electron chi connectivity index (χ1n) is 8.11. The van der Waals surface area contributed by atoms with Crippen molar-refractivity contribution in [2.45, 2.75) is 45.6 Å². The van der Waals surface area contributed by atoms with Gasteiger partial charge < -0.3 is 14.7 Å². The number of carbonyl (C=O) groups excluding carboxylic acids is 1. The second-order valence-electron chi connectivity index (χ2n) is 6.08. The quantitative estimate of drug-likeness (QED) is 0.829. The van der Waals surface area contributed by atoms with Gasteiger partial charge in [-0.15, -0.1) is 0 Å². The van der Waals surface area contributed by atoms with Crippen LogP contribution in [-0.4, -0.2) is 39.4 Å². The molecular weight excluding hydrogens is 294 g/mol. The van der Waals surface area contributed by atoms with E-state index in [2.05, 4.69) is 20.7 Å². The molecule has 1 atom stereocenters. The number of nitrogens with zero attached hydrogens (tertiary/aromatic N) is 3. The molecule has 1 aliphatic rings. The van der Waals surface area contributed by atoms with Crippen molar-refractivity contribution in [1.82, 2.24) is 25.6 Å². The standard InChI is InChI=1S/C16H23N5O2/c1-11-9-15(23-20-11)14-6-4-8-21(14)16(22)17-7-3-5-13-10-18-19-12(13)2/h9-10,14H,3-8H2,1-2H3,(H,17,22)(H,18,19). The van der Waals surface area contributed by atoms with Crippen LogP contribution in [0.2, 0.25) is 0 Å². The molecular formula is C16H23N5O2. The maximum Gasteiger partial charge on any atom is 0.318 e. The van der Waals surface area contributed by atoms with E-state index in [-0.39, 0.29) is 12.1 Å². The van der Waals surface area contributed by atoms with E-state index in [4.69, 9.17) is 4.52 Å².